The third-order valence-corrected chi connectivity index (χ3v) is 13.4. The minimum Gasteiger partial charge on any atom is -0.748 e. The van der Waals surface area contributed by atoms with Gasteiger partial charge in [0.05, 0.1) is 37.3 Å². The lowest BCUT2D eigenvalue weighted by molar-refractivity contribution is -0.890. The number of hydrogen-bond acceptors (Lipinski definition) is 4. The van der Waals surface area contributed by atoms with Crippen LogP contribution in [-0.2, 0) is 14.9 Å². The minimum atomic E-state index is -4.14. The van der Waals surface area contributed by atoms with Crippen LogP contribution in [0.15, 0.2) is 0 Å². The van der Waals surface area contributed by atoms with Gasteiger partial charge in [0.2, 0.25) is 5.91 Å². The van der Waals surface area contributed by atoms with Crippen LogP contribution in [0.25, 0.3) is 0 Å². The molecular weight excluding hydrogens is 524 g/mol. The Morgan fingerprint density at radius 1 is 0.950 bits per heavy atom. The van der Waals surface area contributed by atoms with E-state index in [1.807, 2.05) is 14.1 Å². The Morgan fingerprint density at radius 3 is 2.38 bits per heavy atom. The monoisotopic (exact) mass is 584 g/mol. The maximum Gasteiger partial charge on any atom is 0.220 e. The van der Waals surface area contributed by atoms with Crippen LogP contribution in [0.2, 0.25) is 0 Å². The first-order valence-electron chi connectivity index (χ1n) is 16.3. The van der Waals surface area contributed by atoms with E-state index in [1.165, 1.54) is 64.2 Å². The molecule has 234 valence electrons. The van der Waals surface area contributed by atoms with Gasteiger partial charge in [-0.3, -0.25) is 4.79 Å². The van der Waals surface area contributed by atoms with Crippen molar-refractivity contribution in [2.75, 3.05) is 39.5 Å². The number of nitrogens with zero attached hydrogens (tertiary/aromatic N) is 1. The van der Waals surface area contributed by atoms with Crippen molar-refractivity contribution in [2.45, 2.75) is 111 Å². The third kappa shape index (κ3) is 7.62. The predicted octanol–water partition coefficient (Wildman–Crippen LogP) is 5.15. The van der Waals surface area contributed by atoms with E-state index in [-0.39, 0.29) is 17.1 Å². The summed E-state index contributed by atoms with van der Waals surface area (Å²) < 4.78 is 33.2. The number of carbonyl (C=O) groups is 1. The van der Waals surface area contributed by atoms with Crippen molar-refractivity contribution in [3.05, 3.63) is 0 Å². The molecule has 0 radical (unpaired) electrons. The van der Waals surface area contributed by atoms with Crippen LogP contribution in [0.1, 0.15) is 111 Å². The van der Waals surface area contributed by atoms with Gasteiger partial charge in [0, 0.05) is 31.6 Å². The van der Waals surface area contributed by atoms with E-state index in [0.29, 0.717) is 47.2 Å². The van der Waals surface area contributed by atoms with Crippen molar-refractivity contribution in [1.82, 2.24) is 5.32 Å². The number of rotatable bonds is 12. The van der Waals surface area contributed by atoms with Crippen LogP contribution in [-0.4, -0.2) is 68.3 Å². The molecule has 7 nitrogen and oxygen atoms in total. The summed E-state index contributed by atoms with van der Waals surface area (Å²) in [5, 5.41) is 3.12. The molecule has 0 aliphatic heterocycles. The summed E-state index contributed by atoms with van der Waals surface area (Å²) >= 11 is 0. The summed E-state index contributed by atoms with van der Waals surface area (Å²) in [5.74, 6) is 4.99. The van der Waals surface area contributed by atoms with Crippen LogP contribution >= 0.6 is 0 Å². The van der Waals surface area contributed by atoms with Gasteiger partial charge in [-0.05, 0) is 104 Å². The first kappa shape index (κ1) is 33.8. The standard InChI is InChI=1S/C32H58N2O4S.H2O/c1-24(11-16-30(35)33-20-8-21-34(4,5)22-9-23-39(36,37)38)27-14-15-28-26-13-12-25-10-6-7-18-31(25,2)29(26)17-19-32(27,28)3;/h24-29H,6-23H2,1-5H3,(H-,33,35,36,37,38);1H2/t24-,25?,26+,27-,28+,29+,31+,32-;/m1./s1. The Morgan fingerprint density at radius 2 is 1.65 bits per heavy atom. The SMILES string of the molecule is C[C@H](CCC(=O)NCCC[N+](C)(C)CCCS(=O)(=O)[O-])[C@H]1CC[C@H]2[C@@H]3CCC4CCCC[C@]4(C)[C@H]3CC[C@]12C.O. The molecule has 4 aliphatic rings. The highest BCUT2D eigenvalue weighted by atomic mass is 32.2. The molecule has 8 atom stereocenters. The molecule has 0 spiro atoms. The van der Waals surface area contributed by atoms with Gasteiger partial charge in [-0.2, -0.15) is 0 Å². The van der Waals surface area contributed by atoms with Crippen LogP contribution in [0.5, 0.6) is 0 Å². The lowest BCUT2D eigenvalue weighted by Crippen LogP contribution is -2.53. The van der Waals surface area contributed by atoms with Crippen molar-refractivity contribution in [3.63, 3.8) is 0 Å². The molecule has 0 aromatic carbocycles. The van der Waals surface area contributed by atoms with Gasteiger partial charge in [-0.25, -0.2) is 8.42 Å². The summed E-state index contributed by atoms with van der Waals surface area (Å²) in [6.45, 7) is 9.87. The van der Waals surface area contributed by atoms with Crippen molar-refractivity contribution >= 4 is 16.0 Å². The van der Waals surface area contributed by atoms with E-state index in [9.17, 15) is 17.8 Å². The fraction of sp³-hybridized carbons (Fsp3) is 0.969. The van der Waals surface area contributed by atoms with Crippen molar-refractivity contribution in [2.24, 2.45) is 46.3 Å². The molecule has 8 heteroatoms. The van der Waals surface area contributed by atoms with Crippen LogP contribution in [0, 0.1) is 46.3 Å². The molecule has 3 N–H and O–H groups in total. The topological polar surface area (TPSA) is 118 Å². The highest BCUT2D eigenvalue weighted by Crippen LogP contribution is 2.68. The average Bonchev–Trinajstić information content (AvgIpc) is 3.21. The molecule has 4 aliphatic carbocycles. The molecule has 1 amide bonds. The quantitative estimate of drug-likeness (QED) is 0.194. The Labute approximate surface area is 245 Å². The van der Waals surface area contributed by atoms with Crippen molar-refractivity contribution in [1.29, 1.82) is 0 Å². The molecule has 4 rings (SSSR count). The number of fused-ring (bicyclic) bond motifs is 5. The summed E-state index contributed by atoms with van der Waals surface area (Å²) in [6.07, 6.45) is 17.2. The van der Waals surface area contributed by atoms with E-state index in [1.54, 1.807) is 0 Å². The van der Waals surface area contributed by atoms with Gasteiger partial charge in [0.25, 0.3) is 0 Å². The second-order valence-electron chi connectivity index (χ2n) is 15.3. The predicted molar refractivity (Wildman–Crippen MR) is 160 cm³/mol. The normalized spacial score (nSPS) is 36.5. The molecule has 4 fully saturated rings. The van der Waals surface area contributed by atoms with Crippen LogP contribution in [0.3, 0.4) is 0 Å². The van der Waals surface area contributed by atoms with Crippen LogP contribution < -0.4 is 5.32 Å². The van der Waals surface area contributed by atoms with E-state index >= 15 is 0 Å². The van der Waals surface area contributed by atoms with E-state index in [2.05, 4.69) is 26.1 Å². The van der Waals surface area contributed by atoms with Gasteiger partial charge in [-0.1, -0.05) is 33.6 Å². The van der Waals surface area contributed by atoms with E-state index < -0.39 is 10.1 Å². The summed E-state index contributed by atoms with van der Waals surface area (Å²) in [6, 6.07) is 0. The zero-order valence-electron chi connectivity index (χ0n) is 26.2. The Bertz CT molecular complexity index is 955. The Hall–Kier alpha value is -0.700. The molecule has 0 aromatic rings. The first-order chi connectivity index (χ1) is 18.3. The van der Waals surface area contributed by atoms with Crippen molar-refractivity contribution < 1.29 is 27.7 Å². The Balaban J connectivity index is 0.00000441. The fourth-order valence-corrected chi connectivity index (χ4v) is 10.9. The van der Waals surface area contributed by atoms with Gasteiger partial charge < -0.3 is 19.8 Å². The molecule has 40 heavy (non-hydrogen) atoms. The zero-order chi connectivity index (χ0) is 28.5. The molecule has 0 bridgehead atoms. The number of carbonyl (C=O) groups excluding carboxylic acids is 1. The summed E-state index contributed by atoms with van der Waals surface area (Å²) in [5.41, 5.74) is 1.07. The lowest BCUT2D eigenvalue weighted by Gasteiger charge is -2.61. The fourth-order valence-electron chi connectivity index (χ4n) is 10.4. The third-order valence-electron chi connectivity index (χ3n) is 12.6. The molecule has 0 aromatic heterocycles. The highest BCUT2D eigenvalue weighted by molar-refractivity contribution is 7.85. The van der Waals surface area contributed by atoms with Gasteiger partial charge in [0.1, 0.15) is 0 Å². The molecule has 0 saturated heterocycles. The summed E-state index contributed by atoms with van der Waals surface area (Å²) in [4.78, 5) is 12.7. The second kappa shape index (κ2) is 13.3. The van der Waals surface area contributed by atoms with E-state index in [0.717, 1.165) is 49.0 Å². The number of nitrogens with one attached hydrogen (secondary N) is 1. The maximum atomic E-state index is 12.7. The molecular formula is C32H60N2O5S. The Kier molecular flexibility index (Phi) is 11.2. The zero-order valence-corrected chi connectivity index (χ0v) is 27.0. The first-order valence-corrected chi connectivity index (χ1v) is 17.9. The number of hydrogen-bond donors (Lipinski definition) is 1. The van der Waals surface area contributed by atoms with Gasteiger partial charge >= 0.3 is 0 Å². The smallest absolute Gasteiger partial charge is 0.220 e. The summed E-state index contributed by atoms with van der Waals surface area (Å²) in [7, 11) is -0.0494. The molecule has 1 unspecified atom stereocenters. The second-order valence-corrected chi connectivity index (χ2v) is 16.9. The minimum absolute atomic E-state index is 0. The maximum absolute atomic E-state index is 12.7. The number of amides is 1. The van der Waals surface area contributed by atoms with Gasteiger partial charge in [0.15, 0.2) is 0 Å². The van der Waals surface area contributed by atoms with Crippen LogP contribution in [0.4, 0.5) is 0 Å². The van der Waals surface area contributed by atoms with Crippen molar-refractivity contribution in [3.8, 4) is 0 Å². The number of quaternary nitrogens is 1. The molecule has 0 heterocycles. The van der Waals surface area contributed by atoms with Gasteiger partial charge in [-0.15, -0.1) is 0 Å². The van der Waals surface area contributed by atoms with E-state index in [4.69, 9.17) is 0 Å². The lowest BCUT2D eigenvalue weighted by atomic mass is 9.44. The largest absolute Gasteiger partial charge is 0.748 e. The highest BCUT2D eigenvalue weighted by Gasteiger charge is 2.60. The average molecular weight is 585 g/mol. The molecule has 4 saturated carbocycles.